The zero-order valence-electron chi connectivity index (χ0n) is 10.9. The molecule has 0 spiro atoms. The molecule has 0 aromatic carbocycles. The fraction of sp³-hybridized carbons (Fsp3) is 0.692. The molecule has 0 radical (unpaired) electrons. The Balaban J connectivity index is 2.05. The van der Waals surface area contributed by atoms with Crippen molar-refractivity contribution in [3.05, 3.63) is 11.1 Å². The number of carbonyl (C=O) groups excluding carboxylic acids is 2. The fourth-order valence-corrected chi connectivity index (χ4v) is 2.41. The number of hydrogen-bond acceptors (Lipinski definition) is 3. The second-order valence-electron chi connectivity index (χ2n) is 5.84. The van der Waals surface area contributed by atoms with Crippen molar-refractivity contribution >= 4 is 11.9 Å². The number of Topliss-reactive ketones (excluding diaryl/α,β-unsaturated/α-hetero) is 1. The van der Waals surface area contributed by atoms with Crippen molar-refractivity contribution in [2.24, 2.45) is 5.92 Å². The molecule has 4 heteroatoms. The summed E-state index contributed by atoms with van der Waals surface area (Å²) in [5, 5.41) is 0. The maximum Gasteiger partial charge on any atom is 0.410 e. The van der Waals surface area contributed by atoms with Crippen LogP contribution in [0.3, 0.4) is 0 Å². The van der Waals surface area contributed by atoms with Crippen molar-refractivity contribution < 1.29 is 14.3 Å². The summed E-state index contributed by atoms with van der Waals surface area (Å²) in [7, 11) is 0. The predicted molar refractivity (Wildman–Crippen MR) is 63.6 cm³/mol. The van der Waals surface area contributed by atoms with Gasteiger partial charge in [-0.15, -0.1) is 0 Å². The van der Waals surface area contributed by atoms with Crippen molar-refractivity contribution in [2.45, 2.75) is 39.7 Å². The van der Waals surface area contributed by atoms with E-state index >= 15 is 0 Å². The lowest BCUT2D eigenvalue weighted by atomic mass is 10.1. The van der Waals surface area contributed by atoms with E-state index in [1.54, 1.807) is 4.90 Å². The van der Waals surface area contributed by atoms with E-state index < -0.39 is 5.60 Å². The first-order valence-corrected chi connectivity index (χ1v) is 5.98. The van der Waals surface area contributed by atoms with Gasteiger partial charge >= 0.3 is 6.09 Å². The lowest BCUT2D eigenvalue weighted by Gasteiger charge is -2.24. The molecule has 2 aliphatic rings. The van der Waals surface area contributed by atoms with Gasteiger partial charge in [0.2, 0.25) is 0 Å². The molecular weight excluding hydrogens is 218 g/mol. The van der Waals surface area contributed by atoms with Crippen LogP contribution in [-0.4, -0.2) is 35.5 Å². The highest BCUT2D eigenvalue weighted by Gasteiger charge is 2.39. The Morgan fingerprint density at radius 1 is 1.41 bits per heavy atom. The van der Waals surface area contributed by atoms with Crippen molar-refractivity contribution in [3.63, 3.8) is 0 Å². The third kappa shape index (κ3) is 2.35. The summed E-state index contributed by atoms with van der Waals surface area (Å²) >= 11 is 0. The van der Waals surface area contributed by atoms with E-state index in [4.69, 9.17) is 4.74 Å². The summed E-state index contributed by atoms with van der Waals surface area (Å²) in [5.41, 5.74) is 1.51. The van der Waals surface area contributed by atoms with E-state index in [0.717, 1.165) is 11.1 Å². The van der Waals surface area contributed by atoms with Crippen LogP contribution in [0.15, 0.2) is 11.1 Å². The van der Waals surface area contributed by atoms with E-state index in [1.807, 2.05) is 27.7 Å². The number of ketones is 1. The second kappa shape index (κ2) is 3.86. The summed E-state index contributed by atoms with van der Waals surface area (Å²) in [4.78, 5) is 25.1. The number of carbonyl (C=O) groups is 2. The number of allylic oxidation sites excluding steroid dienone is 1. The molecule has 0 unspecified atom stereocenters. The molecule has 1 atom stereocenters. The minimum Gasteiger partial charge on any atom is -0.444 e. The molecule has 0 N–H and O–H groups in total. The standard InChI is InChI=1S/C13H19NO3/c1-8-10-7-14(6-9(10)5-11(8)15)12(16)17-13(2,3)4/h9H,5-7H2,1-4H3/t9-/m1/s1. The van der Waals surface area contributed by atoms with Gasteiger partial charge in [0.15, 0.2) is 5.78 Å². The highest BCUT2D eigenvalue weighted by molar-refractivity contribution is 5.99. The van der Waals surface area contributed by atoms with E-state index in [-0.39, 0.29) is 17.8 Å². The number of fused-ring (bicyclic) bond motifs is 1. The predicted octanol–water partition coefficient (Wildman–Crippen LogP) is 2.14. The molecule has 0 saturated carbocycles. The molecule has 1 saturated heterocycles. The molecule has 94 valence electrons. The van der Waals surface area contributed by atoms with Crippen LogP contribution in [0, 0.1) is 5.92 Å². The average molecular weight is 237 g/mol. The molecule has 1 aliphatic heterocycles. The maximum absolute atomic E-state index is 11.9. The summed E-state index contributed by atoms with van der Waals surface area (Å²) in [6.07, 6.45) is 0.278. The van der Waals surface area contributed by atoms with Gasteiger partial charge in [-0.1, -0.05) is 0 Å². The van der Waals surface area contributed by atoms with Crippen LogP contribution in [0.1, 0.15) is 34.1 Å². The van der Waals surface area contributed by atoms with Gasteiger partial charge in [-0.05, 0) is 38.8 Å². The van der Waals surface area contributed by atoms with Crippen LogP contribution in [0.5, 0.6) is 0 Å². The first kappa shape index (κ1) is 12.1. The topological polar surface area (TPSA) is 46.6 Å². The quantitative estimate of drug-likeness (QED) is 0.648. The van der Waals surface area contributed by atoms with Crippen LogP contribution in [0.25, 0.3) is 0 Å². The van der Waals surface area contributed by atoms with Crippen LogP contribution >= 0.6 is 0 Å². The lowest BCUT2D eigenvalue weighted by Crippen LogP contribution is -2.35. The largest absolute Gasteiger partial charge is 0.444 e. The molecule has 1 amide bonds. The van der Waals surface area contributed by atoms with Crippen LogP contribution in [0.4, 0.5) is 4.79 Å². The molecule has 2 rings (SSSR count). The SMILES string of the molecule is CC1=C2CN(C(=O)OC(C)(C)C)C[C@H]2CC1=O. The van der Waals surface area contributed by atoms with Crippen LogP contribution < -0.4 is 0 Å². The van der Waals surface area contributed by atoms with Gasteiger partial charge in [0, 0.05) is 25.4 Å². The number of nitrogens with zero attached hydrogens (tertiary/aromatic N) is 1. The number of amides is 1. The first-order valence-electron chi connectivity index (χ1n) is 5.98. The molecule has 1 fully saturated rings. The molecule has 4 nitrogen and oxygen atoms in total. The van der Waals surface area contributed by atoms with Gasteiger partial charge < -0.3 is 9.64 Å². The Hall–Kier alpha value is -1.32. The molecule has 1 aliphatic carbocycles. The number of hydrogen-bond donors (Lipinski definition) is 0. The second-order valence-corrected chi connectivity index (χ2v) is 5.84. The van der Waals surface area contributed by atoms with E-state index in [1.165, 1.54) is 0 Å². The molecular formula is C13H19NO3. The van der Waals surface area contributed by atoms with Gasteiger partial charge in [0.25, 0.3) is 0 Å². The normalized spacial score (nSPS) is 24.4. The third-order valence-electron chi connectivity index (χ3n) is 3.28. The lowest BCUT2D eigenvalue weighted by molar-refractivity contribution is -0.115. The minimum atomic E-state index is -0.464. The molecule has 1 heterocycles. The van der Waals surface area contributed by atoms with Crippen LogP contribution in [0.2, 0.25) is 0 Å². The molecule has 17 heavy (non-hydrogen) atoms. The maximum atomic E-state index is 11.9. The molecule has 0 aromatic rings. The number of ether oxygens (including phenoxy) is 1. The van der Waals surface area contributed by atoms with Gasteiger partial charge in [0.05, 0.1) is 0 Å². The number of likely N-dealkylation sites (tertiary alicyclic amines) is 1. The molecule has 0 bridgehead atoms. The monoisotopic (exact) mass is 237 g/mol. The van der Waals surface area contributed by atoms with Crippen molar-refractivity contribution in [1.82, 2.24) is 4.90 Å². The smallest absolute Gasteiger partial charge is 0.410 e. The zero-order chi connectivity index (χ0) is 12.8. The van der Waals surface area contributed by atoms with Crippen molar-refractivity contribution in [1.29, 1.82) is 0 Å². The zero-order valence-corrected chi connectivity index (χ0v) is 10.9. The van der Waals surface area contributed by atoms with E-state index in [0.29, 0.717) is 19.5 Å². The third-order valence-corrected chi connectivity index (χ3v) is 3.28. The van der Waals surface area contributed by atoms with Crippen molar-refractivity contribution in [3.8, 4) is 0 Å². The number of rotatable bonds is 0. The summed E-state index contributed by atoms with van der Waals surface area (Å²) in [6.45, 7) is 8.60. The van der Waals surface area contributed by atoms with Gasteiger partial charge in [-0.25, -0.2) is 4.79 Å². The van der Waals surface area contributed by atoms with Gasteiger partial charge in [0.1, 0.15) is 5.60 Å². The Morgan fingerprint density at radius 3 is 2.59 bits per heavy atom. The fourth-order valence-electron chi connectivity index (χ4n) is 2.41. The van der Waals surface area contributed by atoms with Crippen LogP contribution in [-0.2, 0) is 9.53 Å². The Morgan fingerprint density at radius 2 is 2.06 bits per heavy atom. The average Bonchev–Trinajstić information content (AvgIpc) is 2.66. The Kier molecular flexibility index (Phi) is 2.76. The first-order chi connectivity index (χ1) is 7.78. The highest BCUT2D eigenvalue weighted by Crippen LogP contribution is 2.35. The van der Waals surface area contributed by atoms with E-state index in [9.17, 15) is 9.59 Å². The van der Waals surface area contributed by atoms with Crippen molar-refractivity contribution in [2.75, 3.05) is 13.1 Å². The summed E-state index contributed by atoms with van der Waals surface area (Å²) in [5.74, 6) is 0.462. The Bertz CT molecular complexity index is 403. The summed E-state index contributed by atoms with van der Waals surface area (Å²) in [6, 6.07) is 0. The minimum absolute atomic E-state index is 0.230. The summed E-state index contributed by atoms with van der Waals surface area (Å²) < 4.78 is 5.33. The van der Waals surface area contributed by atoms with Gasteiger partial charge in [-0.2, -0.15) is 0 Å². The van der Waals surface area contributed by atoms with E-state index in [2.05, 4.69) is 0 Å². The Labute approximate surface area is 102 Å². The van der Waals surface area contributed by atoms with Gasteiger partial charge in [-0.3, -0.25) is 4.79 Å². The molecule has 0 aromatic heterocycles. The highest BCUT2D eigenvalue weighted by atomic mass is 16.6.